The largest absolute Gasteiger partial charge is 0.337 e. The van der Waals surface area contributed by atoms with Gasteiger partial charge < -0.3 is 9.80 Å². The van der Waals surface area contributed by atoms with E-state index in [0.29, 0.717) is 24.6 Å². The van der Waals surface area contributed by atoms with Gasteiger partial charge in [0.05, 0.1) is 5.56 Å². The number of benzene rings is 1. The number of amides is 1. The van der Waals surface area contributed by atoms with E-state index >= 15 is 0 Å². The molecule has 0 bridgehead atoms. The zero-order chi connectivity index (χ0) is 20.2. The summed E-state index contributed by atoms with van der Waals surface area (Å²) in [4.78, 5) is 31.4. The Kier molecular flexibility index (Phi) is 5.76. The molecular formula is C22H23N5OS. The van der Waals surface area contributed by atoms with Crippen molar-refractivity contribution in [2.75, 3.05) is 31.1 Å². The first-order chi connectivity index (χ1) is 14.1. The highest BCUT2D eigenvalue weighted by Gasteiger charge is 2.25. The van der Waals surface area contributed by atoms with Gasteiger partial charge in [-0.3, -0.25) is 4.79 Å². The van der Waals surface area contributed by atoms with Crippen LogP contribution in [0, 0.1) is 13.8 Å². The molecule has 0 spiro atoms. The van der Waals surface area contributed by atoms with Crippen molar-refractivity contribution >= 4 is 23.6 Å². The molecule has 0 radical (unpaired) electrons. The van der Waals surface area contributed by atoms with Crippen LogP contribution in [-0.2, 0) is 0 Å². The minimum atomic E-state index is 0.0268. The Bertz CT molecular complexity index is 1000. The van der Waals surface area contributed by atoms with Gasteiger partial charge in [-0.2, -0.15) is 0 Å². The molecule has 0 N–H and O–H groups in total. The van der Waals surface area contributed by atoms with Crippen LogP contribution in [0.3, 0.4) is 0 Å². The monoisotopic (exact) mass is 405 g/mol. The Hall–Kier alpha value is -2.93. The molecule has 1 fully saturated rings. The van der Waals surface area contributed by atoms with Crippen LogP contribution >= 0.6 is 11.8 Å². The van der Waals surface area contributed by atoms with E-state index in [1.165, 1.54) is 11.1 Å². The standard InChI is InChI=1S/C22H23N5OS/c1-16-6-7-19(17(2)15-16)29-20-18(5-3-8-23-20)21(28)26-11-13-27(14-12-26)22-24-9-4-10-25-22/h3-10,15H,11-14H2,1-2H3. The molecule has 1 aliphatic heterocycles. The van der Waals surface area contributed by atoms with E-state index in [1.807, 2.05) is 17.0 Å². The minimum Gasteiger partial charge on any atom is -0.337 e. The molecule has 0 saturated carbocycles. The van der Waals surface area contributed by atoms with Crippen molar-refractivity contribution in [2.24, 2.45) is 0 Å². The second-order valence-corrected chi connectivity index (χ2v) is 8.09. The summed E-state index contributed by atoms with van der Waals surface area (Å²) in [5.41, 5.74) is 3.07. The molecule has 29 heavy (non-hydrogen) atoms. The van der Waals surface area contributed by atoms with E-state index in [9.17, 15) is 4.79 Å². The van der Waals surface area contributed by atoms with Gasteiger partial charge in [-0.15, -0.1) is 0 Å². The summed E-state index contributed by atoms with van der Waals surface area (Å²) >= 11 is 1.55. The number of nitrogens with zero attached hydrogens (tertiary/aromatic N) is 5. The molecule has 3 heterocycles. The molecule has 6 nitrogen and oxygen atoms in total. The predicted molar refractivity (Wildman–Crippen MR) is 114 cm³/mol. The van der Waals surface area contributed by atoms with Gasteiger partial charge in [-0.05, 0) is 43.7 Å². The van der Waals surface area contributed by atoms with Crippen molar-refractivity contribution in [1.82, 2.24) is 19.9 Å². The van der Waals surface area contributed by atoms with Crippen molar-refractivity contribution in [1.29, 1.82) is 0 Å². The Morgan fingerprint density at radius 3 is 2.38 bits per heavy atom. The summed E-state index contributed by atoms with van der Waals surface area (Å²) in [6.45, 7) is 6.88. The SMILES string of the molecule is Cc1ccc(Sc2ncccc2C(=O)N2CCN(c3ncccn3)CC2)c(C)c1. The number of hydrogen-bond donors (Lipinski definition) is 0. The van der Waals surface area contributed by atoms with Gasteiger partial charge in [0.25, 0.3) is 5.91 Å². The van der Waals surface area contributed by atoms with Crippen molar-refractivity contribution in [3.8, 4) is 0 Å². The van der Waals surface area contributed by atoms with E-state index in [4.69, 9.17) is 0 Å². The summed E-state index contributed by atoms with van der Waals surface area (Å²) in [7, 11) is 0. The highest BCUT2D eigenvalue weighted by molar-refractivity contribution is 7.99. The summed E-state index contributed by atoms with van der Waals surface area (Å²) in [6.07, 6.45) is 5.23. The molecule has 4 rings (SSSR count). The summed E-state index contributed by atoms with van der Waals surface area (Å²) in [5, 5.41) is 0.748. The van der Waals surface area contributed by atoms with Gasteiger partial charge in [-0.1, -0.05) is 29.5 Å². The molecule has 0 aliphatic carbocycles. The quantitative estimate of drug-likeness (QED) is 0.661. The van der Waals surface area contributed by atoms with E-state index in [-0.39, 0.29) is 5.91 Å². The first-order valence-electron chi connectivity index (χ1n) is 9.63. The molecule has 1 saturated heterocycles. The van der Waals surface area contributed by atoms with Crippen LogP contribution in [0.5, 0.6) is 0 Å². The third-order valence-electron chi connectivity index (χ3n) is 4.94. The van der Waals surface area contributed by atoms with Crippen molar-refractivity contribution < 1.29 is 4.79 Å². The lowest BCUT2D eigenvalue weighted by atomic mass is 10.2. The van der Waals surface area contributed by atoms with Crippen LogP contribution in [0.2, 0.25) is 0 Å². The summed E-state index contributed by atoms with van der Waals surface area (Å²) in [5.74, 6) is 0.742. The number of hydrogen-bond acceptors (Lipinski definition) is 6. The number of piperazine rings is 1. The number of aromatic nitrogens is 3. The lowest BCUT2D eigenvalue weighted by molar-refractivity contribution is 0.0742. The van der Waals surface area contributed by atoms with Gasteiger partial charge >= 0.3 is 0 Å². The molecule has 2 aromatic heterocycles. The molecule has 0 unspecified atom stereocenters. The average Bonchev–Trinajstić information content (AvgIpc) is 2.76. The Morgan fingerprint density at radius 1 is 0.931 bits per heavy atom. The third-order valence-corrected chi connectivity index (χ3v) is 6.14. The van der Waals surface area contributed by atoms with Gasteiger partial charge in [-0.25, -0.2) is 15.0 Å². The highest BCUT2D eigenvalue weighted by atomic mass is 32.2. The number of anilines is 1. The lowest BCUT2D eigenvalue weighted by Gasteiger charge is -2.34. The van der Waals surface area contributed by atoms with E-state index in [1.54, 1.807) is 36.4 Å². The number of carbonyl (C=O) groups excluding carboxylic acids is 1. The fourth-order valence-corrected chi connectivity index (χ4v) is 4.33. The molecular weight excluding hydrogens is 382 g/mol. The fraction of sp³-hybridized carbons (Fsp3) is 0.273. The molecule has 148 valence electrons. The molecule has 0 atom stereocenters. The van der Waals surface area contributed by atoms with Gasteiger partial charge in [0.15, 0.2) is 0 Å². The summed E-state index contributed by atoms with van der Waals surface area (Å²) < 4.78 is 0. The van der Waals surface area contributed by atoms with Crippen LogP contribution in [-0.4, -0.2) is 51.9 Å². The number of aryl methyl sites for hydroxylation is 2. The maximum Gasteiger partial charge on any atom is 0.256 e. The second-order valence-electron chi connectivity index (χ2n) is 7.06. The molecule has 1 amide bonds. The average molecular weight is 406 g/mol. The Morgan fingerprint density at radius 2 is 1.66 bits per heavy atom. The van der Waals surface area contributed by atoms with E-state index in [2.05, 4.69) is 51.9 Å². The predicted octanol–water partition coefficient (Wildman–Crippen LogP) is 3.60. The number of carbonyl (C=O) groups is 1. The van der Waals surface area contributed by atoms with Gasteiger partial charge in [0, 0.05) is 49.7 Å². The lowest BCUT2D eigenvalue weighted by Crippen LogP contribution is -2.49. The van der Waals surface area contributed by atoms with Crippen LogP contribution in [0.25, 0.3) is 0 Å². The zero-order valence-corrected chi connectivity index (χ0v) is 17.4. The number of rotatable bonds is 4. The van der Waals surface area contributed by atoms with Crippen LogP contribution < -0.4 is 4.90 Å². The second kappa shape index (κ2) is 8.61. The van der Waals surface area contributed by atoms with Crippen LogP contribution in [0.15, 0.2) is 64.9 Å². The van der Waals surface area contributed by atoms with E-state index < -0.39 is 0 Å². The maximum atomic E-state index is 13.2. The van der Waals surface area contributed by atoms with E-state index in [0.717, 1.165) is 23.0 Å². The fourth-order valence-electron chi connectivity index (χ4n) is 3.39. The molecule has 7 heteroatoms. The minimum absolute atomic E-state index is 0.0268. The molecule has 1 aliphatic rings. The van der Waals surface area contributed by atoms with Crippen LogP contribution in [0.1, 0.15) is 21.5 Å². The van der Waals surface area contributed by atoms with Gasteiger partial charge in [0.2, 0.25) is 5.95 Å². The summed E-state index contributed by atoms with van der Waals surface area (Å²) in [6, 6.07) is 11.8. The normalized spacial score (nSPS) is 14.1. The van der Waals surface area contributed by atoms with Crippen molar-refractivity contribution in [3.05, 3.63) is 71.7 Å². The maximum absolute atomic E-state index is 13.2. The zero-order valence-electron chi connectivity index (χ0n) is 16.6. The molecule has 1 aromatic carbocycles. The highest BCUT2D eigenvalue weighted by Crippen LogP contribution is 2.32. The first-order valence-corrected chi connectivity index (χ1v) is 10.4. The first kappa shape index (κ1) is 19.4. The van der Waals surface area contributed by atoms with Crippen molar-refractivity contribution in [3.63, 3.8) is 0 Å². The Labute approximate surface area is 175 Å². The molecule has 3 aromatic rings. The van der Waals surface area contributed by atoms with Crippen LogP contribution in [0.4, 0.5) is 5.95 Å². The van der Waals surface area contributed by atoms with Crippen molar-refractivity contribution in [2.45, 2.75) is 23.8 Å². The third kappa shape index (κ3) is 4.40. The topological polar surface area (TPSA) is 62.2 Å². The van der Waals surface area contributed by atoms with Gasteiger partial charge in [0.1, 0.15) is 5.03 Å². The number of pyridine rings is 1. The smallest absolute Gasteiger partial charge is 0.256 e. The Balaban J connectivity index is 1.48.